The quantitative estimate of drug-likeness (QED) is 0.698. The summed E-state index contributed by atoms with van der Waals surface area (Å²) in [6, 6.07) is 15.4. The summed E-state index contributed by atoms with van der Waals surface area (Å²) >= 11 is 0. The molecule has 1 amide bonds. The first-order valence-electron chi connectivity index (χ1n) is 10.7. The number of esters is 1. The van der Waals surface area contributed by atoms with Gasteiger partial charge in [-0.05, 0) is 12.5 Å². The molecule has 0 unspecified atom stereocenters. The maximum absolute atomic E-state index is 13.3. The van der Waals surface area contributed by atoms with Crippen molar-refractivity contribution in [1.82, 2.24) is 4.90 Å². The molecule has 1 fully saturated rings. The molecular formula is C25H28N2O5. The fourth-order valence-corrected chi connectivity index (χ4v) is 4.47. The lowest BCUT2D eigenvalue weighted by Crippen LogP contribution is -2.47. The molecule has 0 bridgehead atoms. The minimum atomic E-state index is -0.888. The van der Waals surface area contributed by atoms with Crippen LogP contribution in [0, 0.1) is 0 Å². The standard InChI is InChI=1S/C25H28N2O5/c1-17-22(23(28)26-19-13-20(30-2)15-21(14-19)31-3)25(32-24(17)29)9-11-27(12-10-25)16-18-7-5-4-6-8-18/h4-8,13-15H,9-12,16H2,1-3H3,(H,26,28). The Morgan fingerprint density at radius 3 is 2.28 bits per heavy atom. The number of rotatable bonds is 6. The first-order chi connectivity index (χ1) is 15.4. The lowest BCUT2D eigenvalue weighted by Gasteiger charge is -2.39. The average molecular weight is 437 g/mol. The molecule has 2 aliphatic heterocycles. The highest BCUT2D eigenvalue weighted by atomic mass is 16.6. The zero-order valence-electron chi connectivity index (χ0n) is 18.6. The van der Waals surface area contributed by atoms with Crippen molar-refractivity contribution in [3.8, 4) is 11.5 Å². The number of nitrogens with zero attached hydrogens (tertiary/aromatic N) is 1. The van der Waals surface area contributed by atoms with Crippen LogP contribution in [0.1, 0.15) is 25.3 Å². The normalized spacial score (nSPS) is 17.9. The van der Waals surface area contributed by atoms with Gasteiger partial charge in [0.15, 0.2) is 0 Å². The number of methoxy groups -OCH3 is 2. The number of amides is 1. The first kappa shape index (κ1) is 21.9. The molecule has 2 heterocycles. The molecular weight excluding hydrogens is 408 g/mol. The fraction of sp³-hybridized carbons (Fsp3) is 0.360. The predicted molar refractivity (Wildman–Crippen MR) is 121 cm³/mol. The number of carbonyl (C=O) groups is 2. The second-order valence-corrected chi connectivity index (χ2v) is 8.20. The van der Waals surface area contributed by atoms with Gasteiger partial charge in [0.05, 0.1) is 19.8 Å². The Balaban J connectivity index is 1.51. The van der Waals surface area contributed by atoms with E-state index >= 15 is 0 Å². The van der Waals surface area contributed by atoms with E-state index in [9.17, 15) is 9.59 Å². The van der Waals surface area contributed by atoms with Crippen LogP contribution in [0.25, 0.3) is 0 Å². The van der Waals surface area contributed by atoms with Crippen molar-refractivity contribution in [3.05, 3.63) is 65.2 Å². The zero-order chi connectivity index (χ0) is 22.7. The van der Waals surface area contributed by atoms with E-state index in [4.69, 9.17) is 14.2 Å². The van der Waals surface area contributed by atoms with Gasteiger partial charge in [0, 0.05) is 61.9 Å². The van der Waals surface area contributed by atoms with Crippen molar-refractivity contribution in [1.29, 1.82) is 0 Å². The van der Waals surface area contributed by atoms with E-state index in [2.05, 4.69) is 22.3 Å². The van der Waals surface area contributed by atoms with Gasteiger partial charge in [0.1, 0.15) is 17.1 Å². The van der Waals surface area contributed by atoms with Gasteiger partial charge in [-0.25, -0.2) is 4.79 Å². The molecule has 0 aliphatic carbocycles. The fourth-order valence-electron chi connectivity index (χ4n) is 4.47. The Bertz CT molecular complexity index is 1020. The van der Waals surface area contributed by atoms with E-state index in [1.54, 1.807) is 39.3 Å². The number of benzene rings is 2. The van der Waals surface area contributed by atoms with Crippen molar-refractivity contribution < 1.29 is 23.8 Å². The zero-order valence-corrected chi connectivity index (χ0v) is 18.6. The molecule has 168 valence electrons. The van der Waals surface area contributed by atoms with Gasteiger partial charge in [-0.1, -0.05) is 30.3 Å². The molecule has 1 spiro atoms. The molecule has 2 aromatic rings. The third-order valence-corrected chi connectivity index (χ3v) is 6.17. The van der Waals surface area contributed by atoms with Gasteiger partial charge in [-0.2, -0.15) is 0 Å². The number of piperidine rings is 1. The van der Waals surface area contributed by atoms with Gasteiger partial charge < -0.3 is 19.5 Å². The van der Waals surface area contributed by atoms with E-state index in [-0.39, 0.29) is 5.91 Å². The summed E-state index contributed by atoms with van der Waals surface area (Å²) in [7, 11) is 3.10. The maximum atomic E-state index is 13.3. The highest BCUT2D eigenvalue weighted by Crippen LogP contribution is 2.42. The monoisotopic (exact) mass is 436 g/mol. The number of nitrogens with one attached hydrogen (secondary N) is 1. The largest absolute Gasteiger partial charge is 0.497 e. The van der Waals surface area contributed by atoms with Crippen molar-refractivity contribution in [3.63, 3.8) is 0 Å². The van der Waals surface area contributed by atoms with E-state index in [0.717, 1.165) is 19.6 Å². The van der Waals surface area contributed by atoms with Crippen LogP contribution in [0.2, 0.25) is 0 Å². The molecule has 1 N–H and O–H groups in total. The maximum Gasteiger partial charge on any atom is 0.335 e. The van der Waals surface area contributed by atoms with Crippen LogP contribution in [0.3, 0.4) is 0 Å². The smallest absolute Gasteiger partial charge is 0.335 e. The van der Waals surface area contributed by atoms with Crippen LogP contribution >= 0.6 is 0 Å². The SMILES string of the molecule is COc1cc(NC(=O)C2=C(C)C(=O)OC23CCN(Cc2ccccc2)CC3)cc(OC)c1. The van der Waals surface area contributed by atoms with Crippen molar-refractivity contribution >= 4 is 17.6 Å². The number of hydrogen-bond acceptors (Lipinski definition) is 6. The molecule has 7 nitrogen and oxygen atoms in total. The number of anilines is 1. The number of ether oxygens (including phenoxy) is 3. The first-order valence-corrected chi connectivity index (χ1v) is 10.7. The summed E-state index contributed by atoms with van der Waals surface area (Å²) in [6.45, 7) is 3.96. The highest BCUT2D eigenvalue weighted by molar-refractivity contribution is 6.12. The van der Waals surface area contributed by atoms with Gasteiger partial charge in [0.2, 0.25) is 0 Å². The van der Waals surface area contributed by atoms with Crippen molar-refractivity contribution in [2.75, 3.05) is 32.6 Å². The third kappa shape index (κ3) is 4.34. The topological polar surface area (TPSA) is 77.1 Å². The lowest BCUT2D eigenvalue weighted by molar-refractivity contribution is -0.150. The number of hydrogen-bond donors (Lipinski definition) is 1. The lowest BCUT2D eigenvalue weighted by atomic mass is 9.82. The van der Waals surface area contributed by atoms with Crippen LogP contribution in [-0.4, -0.2) is 49.7 Å². The summed E-state index contributed by atoms with van der Waals surface area (Å²) in [5.41, 5.74) is 1.67. The molecule has 32 heavy (non-hydrogen) atoms. The van der Waals surface area contributed by atoms with Gasteiger partial charge >= 0.3 is 5.97 Å². The Hall–Kier alpha value is -3.32. The van der Waals surface area contributed by atoms with E-state index < -0.39 is 11.6 Å². The summed E-state index contributed by atoms with van der Waals surface area (Å²) in [5, 5.41) is 2.90. The highest BCUT2D eigenvalue weighted by Gasteiger charge is 2.50. The average Bonchev–Trinajstić information content (AvgIpc) is 3.05. The number of carbonyl (C=O) groups excluding carboxylic acids is 2. The predicted octanol–water partition coefficient (Wildman–Crippen LogP) is 3.55. The molecule has 4 rings (SSSR count). The summed E-state index contributed by atoms with van der Waals surface area (Å²) < 4.78 is 16.4. The third-order valence-electron chi connectivity index (χ3n) is 6.17. The van der Waals surface area contributed by atoms with E-state index in [0.29, 0.717) is 41.2 Å². The second-order valence-electron chi connectivity index (χ2n) is 8.20. The molecule has 2 aliphatic rings. The molecule has 0 saturated carbocycles. The molecule has 7 heteroatoms. The summed E-state index contributed by atoms with van der Waals surface area (Å²) in [6.07, 6.45) is 1.15. The van der Waals surface area contributed by atoms with Crippen LogP contribution < -0.4 is 14.8 Å². The Labute approximate surface area is 188 Å². The molecule has 0 aromatic heterocycles. The summed E-state index contributed by atoms with van der Waals surface area (Å²) in [4.78, 5) is 28.1. The van der Waals surface area contributed by atoms with E-state index in [1.165, 1.54) is 5.56 Å². The Morgan fingerprint density at radius 1 is 1.06 bits per heavy atom. The minimum absolute atomic E-state index is 0.333. The summed E-state index contributed by atoms with van der Waals surface area (Å²) in [5.74, 6) is 0.371. The molecule has 1 saturated heterocycles. The van der Waals surface area contributed by atoms with Crippen molar-refractivity contribution in [2.24, 2.45) is 0 Å². The van der Waals surface area contributed by atoms with Gasteiger partial charge in [0.25, 0.3) is 5.91 Å². The van der Waals surface area contributed by atoms with Crippen molar-refractivity contribution in [2.45, 2.75) is 31.9 Å². The molecule has 0 atom stereocenters. The van der Waals surface area contributed by atoms with Crippen LogP contribution in [0.4, 0.5) is 5.69 Å². The number of likely N-dealkylation sites (tertiary alicyclic amines) is 1. The molecule has 0 radical (unpaired) electrons. The minimum Gasteiger partial charge on any atom is -0.497 e. The van der Waals surface area contributed by atoms with Crippen LogP contribution in [0.5, 0.6) is 11.5 Å². The van der Waals surface area contributed by atoms with Crippen LogP contribution in [-0.2, 0) is 20.9 Å². The second kappa shape index (κ2) is 9.04. The Kier molecular flexibility index (Phi) is 6.19. The van der Waals surface area contributed by atoms with Gasteiger partial charge in [-0.3, -0.25) is 9.69 Å². The van der Waals surface area contributed by atoms with E-state index in [1.807, 2.05) is 18.2 Å². The van der Waals surface area contributed by atoms with Crippen LogP contribution in [0.15, 0.2) is 59.7 Å². The Morgan fingerprint density at radius 2 is 1.69 bits per heavy atom. The van der Waals surface area contributed by atoms with Gasteiger partial charge in [-0.15, -0.1) is 0 Å². The molecule has 2 aromatic carbocycles.